The summed E-state index contributed by atoms with van der Waals surface area (Å²) in [5.74, 6) is -0.246. The SMILES string of the molecule is COc1ccc(N(CC(=O)N/N=C\c2ccc(N(C)C)c(Br)c2)S(=O)(=O)c2ccccc2)cc1Cl. The Kier molecular flexibility index (Phi) is 8.76. The Balaban J connectivity index is 1.83. The van der Waals surface area contributed by atoms with E-state index in [1.54, 1.807) is 18.2 Å². The number of hydrogen-bond donors (Lipinski definition) is 1. The van der Waals surface area contributed by atoms with Gasteiger partial charge in [-0.05, 0) is 64.0 Å². The van der Waals surface area contributed by atoms with Crippen LogP contribution in [0.4, 0.5) is 11.4 Å². The maximum Gasteiger partial charge on any atom is 0.264 e. The first-order valence-electron chi connectivity index (χ1n) is 10.3. The zero-order valence-electron chi connectivity index (χ0n) is 19.3. The number of hydrogen-bond acceptors (Lipinski definition) is 6. The van der Waals surface area contributed by atoms with Crippen molar-refractivity contribution >= 4 is 61.1 Å². The molecule has 0 atom stereocenters. The van der Waals surface area contributed by atoms with Crippen molar-refractivity contribution < 1.29 is 17.9 Å². The summed E-state index contributed by atoms with van der Waals surface area (Å²) < 4.78 is 33.7. The van der Waals surface area contributed by atoms with Gasteiger partial charge in [0, 0.05) is 18.6 Å². The van der Waals surface area contributed by atoms with E-state index < -0.39 is 22.5 Å². The van der Waals surface area contributed by atoms with Gasteiger partial charge in [0.05, 0.1) is 34.6 Å². The second-order valence-electron chi connectivity index (χ2n) is 7.54. The number of methoxy groups -OCH3 is 1. The third kappa shape index (κ3) is 6.53. The minimum atomic E-state index is -4.07. The van der Waals surface area contributed by atoms with Crippen LogP contribution in [-0.4, -0.2) is 48.3 Å². The van der Waals surface area contributed by atoms with E-state index in [1.807, 2.05) is 37.2 Å². The molecule has 0 heterocycles. The maximum absolute atomic E-state index is 13.4. The number of ether oxygens (including phenoxy) is 1. The lowest BCUT2D eigenvalue weighted by Gasteiger charge is -2.24. The van der Waals surface area contributed by atoms with Crippen LogP contribution in [0.15, 0.2) is 81.2 Å². The topological polar surface area (TPSA) is 91.3 Å². The molecule has 3 rings (SSSR count). The lowest BCUT2D eigenvalue weighted by molar-refractivity contribution is -0.119. The first-order valence-corrected chi connectivity index (χ1v) is 12.9. The van der Waals surface area contributed by atoms with Crippen LogP contribution in [0, 0.1) is 0 Å². The quantitative estimate of drug-likeness (QED) is 0.297. The van der Waals surface area contributed by atoms with Gasteiger partial charge >= 0.3 is 0 Å². The van der Waals surface area contributed by atoms with Crippen LogP contribution >= 0.6 is 27.5 Å². The third-order valence-corrected chi connectivity index (χ3v) is 7.62. The minimum Gasteiger partial charge on any atom is -0.495 e. The molecule has 0 radical (unpaired) electrons. The standard InChI is InChI=1S/C24H24BrClN4O4S/c1-29(2)22-11-9-17(13-20(22)25)15-27-28-24(31)16-30(18-10-12-23(34-3)21(26)14-18)35(32,33)19-7-5-4-6-8-19/h4-15H,16H2,1-3H3,(H,28,31)/b27-15-. The molecule has 0 fully saturated rings. The Morgan fingerprint density at radius 2 is 1.83 bits per heavy atom. The Hall–Kier alpha value is -3.08. The summed E-state index contributed by atoms with van der Waals surface area (Å²) in [5, 5.41) is 4.19. The molecule has 1 N–H and O–H groups in total. The van der Waals surface area contributed by atoms with Gasteiger partial charge in [0.1, 0.15) is 12.3 Å². The van der Waals surface area contributed by atoms with E-state index >= 15 is 0 Å². The number of carbonyl (C=O) groups excluding carboxylic acids is 1. The lowest BCUT2D eigenvalue weighted by Crippen LogP contribution is -2.39. The number of benzene rings is 3. The second-order valence-corrected chi connectivity index (χ2v) is 10.7. The summed E-state index contributed by atoms with van der Waals surface area (Å²) >= 11 is 9.73. The molecule has 3 aromatic rings. The average molecular weight is 580 g/mol. The first-order chi connectivity index (χ1) is 16.6. The molecule has 184 valence electrons. The molecule has 0 bridgehead atoms. The second kappa shape index (κ2) is 11.6. The van der Waals surface area contributed by atoms with Crippen molar-refractivity contribution in [3.63, 3.8) is 0 Å². The molecule has 35 heavy (non-hydrogen) atoms. The summed E-state index contributed by atoms with van der Waals surface area (Å²) in [4.78, 5) is 14.7. The van der Waals surface area contributed by atoms with E-state index in [1.165, 1.54) is 43.7 Å². The number of rotatable bonds is 9. The van der Waals surface area contributed by atoms with E-state index in [-0.39, 0.29) is 15.6 Å². The molecule has 3 aromatic carbocycles. The predicted molar refractivity (Wildman–Crippen MR) is 143 cm³/mol. The van der Waals surface area contributed by atoms with Crippen molar-refractivity contribution in [1.29, 1.82) is 0 Å². The van der Waals surface area contributed by atoms with Crippen molar-refractivity contribution in [2.75, 3.05) is 37.0 Å². The summed E-state index contributed by atoms with van der Waals surface area (Å²) in [7, 11) is 1.24. The Labute approximate surface area is 218 Å². The van der Waals surface area contributed by atoms with Crippen LogP contribution in [0.5, 0.6) is 5.75 Å². The molecule has 0 aliphatic carbocycles. The highest BCUT2D eigenvalue weighted by Gasteiger charge is 2.27. The smallest absolute Gasteiger partial charge is 0.264 e. The Morgan fingerprint density at radius 3 is 2.43 bits per heavy atom. The molecule has 0 saturated heterocycles. The fourth-order valence-electron chi connectivity index (χ4n) is 3.16. The molecule has 11 heteroatoms. The highest BCUT2D eigenvalue weighted by atomic mass is 79.9. The summed E-state index contributed by atoms with van der Waals surface area (Å²) in [6, 6.07) is 17.9. The van der Waals surface area contributed by atoms with Gasteiger partial charge in [-0.2, -0.15) is 5.10 Å². The normalized spacial score (nSPS) is 11.3. The van der Waals surface area contributed by atoms with Gasteiger partial charge in [0.2, 0.25) is 0 Å². The van der Waals surface area contributed by atoms with Gasteiger partial charge in [-0.1, -0.05) is 35.9 Å². The molecule has 8 nitrogen and oxygen atoms in total. The molecule has 1 amide bonds. The number of anilines is 2. The molecule has 0 saturated carbocycles. The van der Waals surface area contributed by atoms with Crippen LogP contribution in [0.2, 0.25) is 5.02 Å². The van der Waals surface area contributed by atoms with Crippen LogP contribution < -0.4 is 19.4 Å². The van der Waals surface area contributed by atoms with Crippen molar-refractivity contribution in [2.45, 2.75) is 4.90 Å². The van der Waals surface area contributed by atoms with Gasteiger partial charge in [-0.15, -0.1) is 0 Å². The summed E-state index contributed by atoms with van der Waals surface area (Å²) in [6.45, 7) is -0.513. The molecular weight excluding hydrogens is 556 g/mol. The van der Waals surface area contributed by atoms with Crippen molar-refractivity contribution in [2.24, 2.45) is 5.10 Å². The lowest BCUT2D eigenvalue weighted by atomic mass is 10.2. The molecule has 0 unspecified atom stereocenters. The fraction of sp³-hybridized carbons (Fsp3) is 0.167. The number of nitrogens with zero attached hydrogens (tertiary/aromatic N) is 3. The number of amides is 1. The number of halogens is 2. The molecule has 0 aliphatic rings. The van der Waals surface area contributed by atoms with Gasteiger partial charge in [-0.25, -0.2) is 13.8 Å². The number of nitrogens with one attached hydrogen (secondary N) is 1. The van der Waals surface area contributed by atoms with Crippen molar-refractivity contribution in [1.82, 2.24) is 5.43 Å². The number of hydrazone groups is 1. The zero-order chi connectivity index (χ0) is 25.6. The minimum absolute atomic E-state index is 0.0362. The zero-order valence-corrected chi connectivity index (χ0v) is 22.4. The van der Waals surface area contributed by atoms with Crippen LogP contribution in [0.1, 0.15) is 5.56 Å². The van der Waals surface area contributed by atoms with Gasteiger partial charge in [0.25, 0.3) is 15.9 Å². The van der Waals surface area contributed by atoms with E-state index in [2.05, 4.69) is 26.5 Å². The van der Waals surface area contributed by atoms with Crippen molar-refractivity contribution in [3.05, 3.63) is 81.8 Å². The Bertz CT molecular complexity index is 1330. The molecular formula is C24H24BrClN4O4S. The number of sulfonamides is 1. The van der Waals surface area contributed by atoms with Gasteiger partial charge in [-0.3, -0.25) is 9.10 Å². The predicted octanol–water partition coefficient (Wildman–Crippen LogP) is 4.52. The van der Waals surface area contributed by atoms with Gasteiger partial charge < -0.3 is 9.64 Å². The van der Waals surface area contributed by atoms with Crippen LogP contribution in [0.25, 0.3) is 0 Å². The highest BCUT2D eigenvalue weighted by Crippen LogP contribution is 2.32. The average Bonchev–Trinajstić information content (AvgIpc) is 2.83. The van der Waals surface area contributed by atoms with E-state index in [4.69, 9.17) is 16.3 Å². The molecule has 0 spiro atoms. The van der Waals surface area contributed by atoms with E-state index in [9.17, 15) is 13.2 Å². The monoisotopic (exact) mass is 578 g/mol. The highest BCUT2D eigenvalue weighted by molar-refractivity contribution is 9.10. The maximum atomic E-state index is 13.4. The largest absolute Gasteiger partial charge is 0.495 e. The first kappa shape index (κ1) is 26.5. The van der Waals surface area contributed by atoms with E-state index in [0.29, 0.717) is 5.75 Å². The summed E-state index contributed by atoms with van der Waals surface area (Å²) in [6.07, 6.45) is 1.47. The molecule has 0 aromatic heterocycles. The summed E-state index contributed by atoms with van der Waals surface area (Å²) in [5.41, 5.74) is 4.34. The number of carbonyl (C=O) groups is 1. The van der Waals surface area contributed by atoms with Crippen LogP contribution in [0.3, 0.4) is 0 Å². The van der Waals surface area contributed by atoms with Crippen molar-refractivity contribution in [3.8, 4) is 5.75 Å². The molecule has 0 aliphatic heterocycles. The van der Waals surface area contributed by atoms with Crippen LogP contribution in [-0.2, 0) is 14.8 Å². The van der Waals surface area contributed by atoms with Gasteiger partial charge in [0.15, 0.2) is 0 Å². The van der Waals surface area contributed by atoms with E-state index in [0.717, 1.165) is 20.0 Å². The Morgan fingerprint density at radius 1 is 1.11 bits per heavy atom. The third-order valence-electron chi connectivity index (χ3n) is 4.90. The fourth-order valence-corrected chi connectivity index (χ4v) is 5.59.